The predicted octanol–water partition coefficient (Wildman–Crippen LogP) is 2.16. The smallest absolute Gasteiger partial charge is 0.333 e. The van der Waals surface area contributed by atoms with E-state index in [-0.39, 0.29) is 23.5 Å². The fourth-order valence-corrected chi connectivity index (χ4v) is 3.30. The monoisotopic (exact) mass is 415 g/mol. The third-order valence-electron chi connectivity index (χ3n) is 4.79. The molecule has 1 amide bonds. The van der Waals surface area contributed by atoms with Crippen LogP contribution in [-0.2, 0) is 17.9 Å². The van der Waals surface area contributed by atoms with Crippen molar-refractivity contribution in [3.8, 4) is 11.4 Å². The first-order valence-electron chi connectivity index (χ1n) is 9.45. The number of carbonyl (C=O) groups is 1. The van der Waals surface area contributed by atoms with Crippen LogP contribution in [0.4, 0.5) is 0 Å². The molecular formula is C20H22ClN5O3. The molecule has 3 rings (SSSR count). The van der Waals surface area contributed by atoms with Gasteiger partial charge in [-0.1, -0.05) is 11.6 Å². The first-order valence-corrected chi connectivity index (χ1v) is 9.83. The Kier molecular flexibility index (Phi) is 6.12. The molecule has 0 unspecified atom stereocenters. The Morgan fingerprint density at radius 2 is 1.72 bits per heavy atom. The summed E-state index contributed by atoms with van der Waals surface area (Å²) in [6, 6.07) is 6.96. The number of halogens is 1. The Hall–Kier alpha value is -3.00. The van der Waals surface area contributed by atoms with E-state index in [0.717, 1.165) is 4.57 Å². The summed E-state index contributed by atoms with van der Waals surface area (Å²) in [5, 5.41) is 0.775. The van der Waals surface area contributed by atoms with E-state index in [1.165, 1.54) is 10.8 Å². The van der Waals surface area contributed by atoms with E-state index in [2.05, 4.69) is 9.97 Å². The van der Waals surface area contributed by atoms with Gasteiger partial charge in [-0.15, -0.1) is 0 Å². The predicted molar refractivity (Wildman–Crippen MR) is 112 cm³/mol. The molecule has 2 heterocycles. The zero-order valence-corrected chi connectivity index (χ0v) is 17.3. The number of nitrogens with zero attached hydrogens (tertiary/aromatic N) is 5. The highest BCUT2D eigenvalue weighted by Gasteiger charge is 2.19. The molecule has 0 bridgehead atoms. The quantitative estimate of drug-likeness (QED) is 0.615. The summed E-state index contributed by atoms with van der Waals surface area (Å²) in [5.74, 6) is 0.0991. The van der Waals surface area contributed by atoms with E-state index >= 15 is 0 Å². The number of carbonyl (C=O) groups excluding carboxylic acids is 1. The number of aromatic nitrogens is 4. The average molecular weight is 416 g/mol. The van der Waals surface area contributed by atoms with E-state index in [9.17, 15) is 14.4 Å². The highest BCUT2D eigenvalue weighted by molar-refractivity contribution is 6.30. The molecule has 1 aromatic carbocycles. The SMILES string of the molecule is CCN(CC)C(=O)Cn1c(=O)c2cnc(-c3ccc(Cl)cc3)nc2n(CC)c1=O. The van der Waals surface area contributed by atoms with Gasteiger partial charge < -0.3 is 4.90 Å². The van der Waals surface area contributed by atoms with Crippen molar-refractivity contribution >= 4 is 28.5 Å². The molecule has 0 aliphatic rings. The first-order chi connectivity index (χ1) is 13.9. The van der Waals surface area contributed by atoms with Crippen molar-refractivity contribution in [3.05, 3.63) is 56.3 Å². The molecule has 0 fully saturated rings. The van der Waals surface area contributed by atoms with E-state index < -0.39 is 11.2 Å². The molecule has 0 aliphatic carbocycles. The second-order valence-corrected chi connectivity index (χ2v) is 6.86. The molecule has 29 heavy (non-hydrogen) atoms. The fourth-order valence-electron chi connectivity index (χ4n) is 3.17. The first kappa shape index (κ1) is 20.7. The molecule has 0 spiro atoms. The summed E-state index contributed by atoms with van der Waals surface area (Å²) in [5.41, 5.74) is -0.176. The van der Waals surface area contributed by atoms with Crippen molar-refractivity contribution in [3.63, 3.8) is 0 Å². The number of likely N-dealkylation sites (N-methyl/N-ethyl adjacent to an activating group) is 1. The Balaban J connectivity index is 2.16. The topological polar surface area (TPSA) is 90.1 Å². The molecule has 3 aromatic rings. The van der Waals surface area contributed by atoms with Crippen molar-refractivity contribution in [2.45, 2.75) is 33.9 Å². The zero-order valence-electron chi connectivity index (χ0n) is 16.6. The lowest BCUT2D eigenvalue weighted by atomic mass is 10.2. The van der Waals surface area contributed by atoms with Gasteiger partial charge in [0.2, 0.25) is 5.91 Å². The van der Waals surface area contributed by atoms with E-state index in [0.29, 0.717) is 36.0 Å². The van der Waals surface area contributed by atoms with Crippen LogP contribution >= 0.6 is 11.6 Å². The van der Waals surface area contributed by atoms with E-state index in [1.807, 2.05) is 13.8 Å². The van der Waals surface area contributed by atoms with Gasteiger partial charge in [-0.3, -0.25) is 18.7 Å². The van der Waals surface area contributed by atoms with Crippen molar-refractivity contribution in [1.29, 1.82) is 0 Å². The number of amides is 1. The lowest BCUT2D eigenvalue weighted by molar-refractivity contribution is -0.131. The highest BCUT2D eigenvalue weighted by atomic mass is 35.5. The minimum Gasteiger partial charge on any atom is -0.342 e. The van der Waals surface area contributed by atoms with Gasteiger partial charge in [-0.25, -0.2) is 14.8 Å². The summed E-state index contributed by atoms with van der Waals surface area (Å²) >= 11 is 5.92. The lowest BCUT2D eigenvalue weighted by Gasteiger charge is -2.19. The van der Waals surface area contributed by atoms with Crippen molar-refractivity contribution in [2.24, 2.45) is 0 Å². The molecule has 0 radical (unpaired) electrons. The normalized spacial score (nSPS) is 11.0. The average Bonchev–Trinajstić information content (AvgIpc) is 2.72. The van der Waals surface area contributed by atoms with Gasteiger partial charge in [0.15, 0.2) is 11.5 Å². The molecule has 0 atom stereocenters. The Bertz CT molecular complexity index is 1160. The summed E-state index contributed by atoms with van der Waals surface area (Å²) in [7, 11) is 0. The molecule has 0 aliphatic heterocycles. The molecule has 152 valence electrons. The van der Waals surface area contributed by atoms with Gasteiger partial charge in [0, 0.05) is 36.4 Å². The highest BCUT2D eigenvalue weighted by Crippen LogP contribution is 2.19. The molecule has 0 N–H and O–H groups in total. The number of hydrogen-bond acceptors (Lipinski definition) is 5. The third-order valence-corrected chi connectivity index (χ3v) is 5.04. The summed E-state index contributed by atoms with van der Waals surface area (Å²) in [6.07, 6.45) is 1.40. The summed E-state index contributed by atoms with van der Waals surface area (Å²) < 4.78 is 2.34. The van der Waals surface area contributed by atoms with Crippen molar-refractivity contribution < 1.29 is 4.79 Å². The molecule has 0 saturated heterocycles. The molecular weight excluding hydrogens is 394 g/mol. The Labute approximate surface area is 172 Å². The maximum atomic E-state index is 12.9. The fraction of sp³-hybridized carbons (Fsp3) is 0.350. The van der Waals surface area contributed by atoms with Gasteiger partial charge in [-0.05, 0) is 45.0 Å². The van der Waals surface area contributed by atoms with Crippen LogP contribution in [0.2, 0.25) is 5.02 Å². The number of benzene rings is 1. The van der Waals surface area contributed by atoms with Crippen LogP contribution < -0.4 is 11.2 Å². The maximum absolute atomic E-state index is 12.9. The van der Waals surface area contributed by atoms with Gasteiger partial charge in [0.1, 0.15) is 11.9 Å². The van der Waals surface area contributed by atoms with Crippen molar-refractivity contribution in [1.82, 2.24) is 24.0 Å². The van der Waals surface area contributed by atoms with Crippen LogP contribution in [0.1, 0.15) is 20.8 Å². The maximum Gasteiger partial charge on any atom is 0.333 e. The molecule has 9 heteroatoms. The standard InChI is InChI=1S/C20H22ClN5O3/c1-4-24(5-2)16(27)12-26-19(28)15-11-22-17(13-7-9-14(21)10-8-13)23-18(15)25(6-3)20(26)29/h7-11H,4-6,12H2,1-3H3. The Morgan fingerprint density at radius 3 is 2.31 bits per heavy atom. The largest absolute Gasteiger partial charge is 0.342 e. The van der Waals surface area contributed by atoms with Crippen LogP contribution in [0.25, 0.3) is 22.4 Å². The number of fused-ring (bicyclic) bond motifs is 1. The number of aryl methyl sites for hydroxylation is 1. The zero-order chi connectivity index (χ0) is 21.1. The molecule has 0 saturated carbocycles. The number of hydrogen-bond donors (Lipinski definition) is 0. The van der Waals surface area contributed by atoms with Gasteiger partial charge in [0.25, 0.3) is 5.56 Å². The van der Waals surface area contributed by atoms with E-state index in [1.54, 1.807) is 36.1 Å². The third kappa shape index (κ3) is 3.93. The lowest BCUT2D eigenvalue weighted by Crippen LogP contribution is -2.45. The second kappa shape index (κ2) is 8.57. The van der Waals surface area contributed by atoms with Crippen LogP contribution in [0.15, 0.2) is 40.1 Å². The minimum absolute atomic E-state index is 0.191. The van der Waals surface area contributed by atoms with Crippen LogP contribution in [0, 0.1) is 0 Å². The van der Waals surface area contributed by atoms with E-state index in [4.69, 9.17) is 11.6 Å². The van der Waals surface area contributed by atoms with Crippen LogP contribution in [0.3, 0.4) is 0 Å². The van der Waals surface area contributed by atoms with Gasteiger partial charge in [-0.2, -0.15) is 0 Å². The molecule has 8 nitrogen and oxygen atoms in total. The summed E-state index contributed by atoms with van der Waals surface area (Å²) in [6.45, 7) is 6.48. The summed E-state index contributed by atoms with van der Waals surface area (Å²) in [4.78, 5) is 48.6. The molecule has 2 aromatic heterocycles. The van der Waals surface area contributed by atoms with Crippen molar-refractivity contribution in [2.75, 3.05) is 13.1 Å². The van der Waals surface area contributed by atoms with Crippen LogP contribution in [-0.4, -0.2) is 43.0 Å². The minimum atomic E-state index is -0.571. The van der Waals surface area contributed by atoms with Crippen LogP contribution in [0.5, 0.6) is 0 Å². The number of rotatable bonds is 6. The second-order valence-electron chi connectivity index (χ2n) is 6.42. The van der Waals surface area contributed by atoms with Gasteiger partial charge in [0.05, 0.1) is 0 Å². The Morgan fingerprint density at radius 1 is 1.07 bits per heavy atom. The van der Waals surface area contributed by atoms with Gasteiger partial charge >= 0.3 is 5.69 Å².